The van der Waals surface area contributed by atoms with Gasteiger partial charge in [-0.2, -0.15) is 5.26 Å². The van der Waals surface area contributed by atoms with Crippen LogP contribution in [0.1, 0.15) is 36.4 Å². The number of benzene rings is 2. The van der Waals surface area contributed by atoms with Crippen molar-refractivity contribution in [2.45, 2.75) is 31.3 Å². The van der Waals surface area contributed by atoms with Crippen LogP contribution in [0.2, 0.25) is 0 Å². The van der Waals surface area contributed by atoms with Crippen molar-refractivity contribution in [1.82, 2.24) is 20.4 Å². The van der Waals surface area contributed by atoms with Gasteiger partial charge >= 0.3 is 18.0 Å². The van der Waals surface area contributed by atoms with Crippen LogP contribution in [0.4, 0.5) is 24.1 Å². The molecule has 0 aliphatic carbocycles. The van der Waals surface area contributed by atoms with Crippen molar-refractivity contribution in [3.05, 3.63) is 76.5 Å². The Morgan fingerprint density at radius 2 is 1.82 bits per heavy atom. The zero-order valence-electron chi connectivity index (χ0n) is 25.2. The summed E-state index contributed by atoms with van der Waals surface area (Å²) in [5.74, 6) is -3.01. The van der Waals surface area contributed by atoms with Gasteiger partial charge in [-0.3, -0.25) is 0 Å². The molecule has 13 heteroatoms. The fourth-order valence-corrected chi connectivity index (χ4v) is 6.29. The van der Waals surface area contributed by atoms with Gasteiger partial charge in [0.15, 0.2) is 11.6 Å². The number of nitrogens with one attached hydrogen (secondary N) is 2. The number of likely N-dealkylation sites (tertiary alicyclic amines) is 1. The number of nitrogens with zero attached hydrogens (tertiary/aromatic N) is 4. The number of esters is 1. The molecule has 0 saturated carbocycles. The highest BCUT2D eigenvalue weighted by molar-refractivity contribution is 6.01. The molecule has 5 rings (SSSR count). The van der Waals surface area contributed by atoms with E-state index < -0.39 is 35.7 Å². The topological polar surface area (TPSA) is 127 Å². The lowest BCUT2D eigenvalue weighted by Crippen LogP contribution is -2.55. The highest BCUT2D eigenvalue weighted by atomic mass is 19.2. The summed E-state index contributed by atoms with van der Waals surface area (Å²) in [5.41, 5.74) is 1.61. The lowest BCUT2D eigenvalue weighted by Gasteiger charge is -2.38. The third-order valence-corrected chi connectivity index (χ3v) is 8.60. The minimum absolute atomic E-state index is 0.0345. The van der Waals surface area contributed by atoms with Gasteiger partial charge in [0.05, 0.1) is 36.2 Å². The summed E-state index contributed by atoms with van der Waals surface area (Å²) in [6.07, 6.45) is 2.52. The molecule has 45 heavy (non-hydrogen) atoms. The molecule has 238 valence electrons. The highest BCUT2D eigenvalue weighted by Gasteiger charge is 2.45. The number of amides is 4. The van der Waals surface area contributed by atoms with Crippen molar-refractivity contribution in [2.75, 3.05) is 58.5 Å². The number of nitriles is 1. The quantitative estimate of drug-likeness (QED) is 0.427. The second kappa shape index (κ2) is 14.0. The van der Waals surface area contributed by atoms with Crippen LogP contribution in [0.15, 0.2) is 53.7 Å². The Labute approximate surface area is 260 Å². The largest absolute Gasteiger partial charge is 0.466 e. The number of imide groups is 1. The first-order valence-electron chi connectivity index (χ1n) is 14.9. The predicted octanol–water partition coefficient (Wildman–Crippen LogP) is 3.68. The number of carbonyl (C=O) groups excluding carboxylic acids is 3. The summed E-state index contributed by atoms with van der Waals surface area (Å²) in [7, 11) is 2.52. The first kappa shape index (κ1) is 31.9. The SMILES string of the molecule is COCC1=C(C(=O)OC)[C@H](c2ccc(F)c(F)c2)N(C(=O)N2CCC(CNC3CCN(c4ccccc4C#N)CC3)C2)C(=O)N1. The van der Waals surface area contributed by atoms with Crippen LogP contribution in [-0.2, 0) is 14.3 Å². The Balaban J connectivity index is 1.26. The summed E-state index contributed by atoms with van der Waals surface area (Å²) in [5, 5.41) is 15.6. The van der Waals surface area contributed by atoms with Crippen molar-refractivity contribution < 1.29 is 32.6 Å². The number of hydrogen-bond donors (Lipinski definition) is 2. The predicted molar refractivity (Wildman–Crippen MR) is 160 cm³/mol. The maximum Gasteiger partial charge on any atom is 0.338 e. The van der Waals surface area contributed by atoms with E-state index in [2.05, 4.69) is 21.6 Å². The van der Waals surface area contributed by atoms with E-state index in [1.807, 2.05) is 24.3 Å². The molecule has 2 aromatic carbocycles. The third-order valence-electron chi connectivity index (χ3n) is 8.60. The van der Waals surface area contributed by atoms with Gasteiger partial charge in [0.2, 0.25) is 0 Å². The maximum absolute atomic E-state index is 14.4. The first-order valence-corrected chi connectivity index (χ1v) is 14.9. The van der Waals surface area contributed by atoms with Crippen molar-refractivity contribution in [3.63, 3.8) is 0 Å². The summed E-state index contributed by atoms with van der Waals surface area (Å²) >= 11 is 0. The zero-order valence-corrected chi connectivity index (χ0v) is 25.2. The summed E-state index contributed by atoms with van der Waals surface area (Å²) in [6.45, 7) is 2.89. The van der Waals surface area contributed by atoms with Crippen molar-refractivity contribution in [1.29, 1.82) is 5.26 Å². The van der Waals surface area contributed by atoms with E-state index in [9.17, 15) is 28.4 Å². The highest BCUT2D eigenvalue weighted by Crippen LogP contribution is 2.36. The molecular formula is C32H36F2N6O5. The number of methoxy groups -OCH3 is 2. The molecule has 4 amide bonds. The number of rotatable bonds is 8. The number of piperidine rings is 1. The summed E-state index contributed by atoms with van der Waals surface area (Å²) in [6, 6.07) is 10.3. The van der Waals surface area contributed by atoms with Crippen molar-refractivity contribution in [3.8, 4) is 6.07 Å². The molecule has 1 unspecified atom stereocenters. The smallest absolute Gasteiger partial charge is 0.338 e. The fraction of sp³-hybridized carbons (Fsp3) is 0.438. The van der Waals surface area contributed by atoms with Crippen LogP contribution in [-0.4, -0.2) is 87.4 Å². The fourth-order valence-electron chi connectivity index (χ4n) is 6.29. The lowest BCUT2D eigenvalue weighted by atomic mass is 9.93. The van der Waals surface area contributed by atoms with Crippen LogP contribution < -0.4 is 15.5 Å². The Hall–Kier alpha value is -4.54. The van der Waals surface area contributed by atoms with Gasteiger partial charge in [-0.1, -0.05) is 18.2 Å². The zero-order chi connectivity index (χ0) is 32.1. The minimum atomic E-state index is -1.37. The molecule has 3 aliphatic heterocycles. The van der Waals surface area contributed by atoms with Gasteiger partial charge in [0.25, 0.3) is 0 Å². The average Bonchev–Trinajstić information content (AvgIpc) is 3.54. The van der Waals surface area contributed by atoms with Crippen molar-refractivity contribution in [2.24, 2.45) is 5.92 Å². The maximum atomic E-state index is 14.4. The van der Waals surface area contributed by atoms with E-state index in [0.29, 0.717) is 31.6 Å². The first-order chi connectivity index (χ1) is 21.7. The van der Waals surface area contributed by atoms with Crippen LogP contribution in [0.3, 0.4) is 0 Å². The van der Waals surface area contributed by atoms with Gasteiger partial charge in [-0.15, -0.1) is 0 Å². The van der Waals surface area contributed by atoms with Gasteiger partial charge in [0.1, 0.15) is 12.1 Å². The molecule has 3 aliphatic rings. The van der Waals surface area contributed by atoms with E-state index in [0.717, 1.165) is 55.8 Å². The second-order valence-corrected chi connectivity index (χ2v) is 11.4. The van der Waals surface area contributed by atoms with Gasteiger partial charge in [-0.25, -0.2) is 28.1 Å². The molecule has 2 atom stereocenters. The molecule has 0 aromatic heterocycles. The number of ether oxygens (including phenoxy) is 2. The molecule has 0 radical (unpaired) electrons. The number of para-hydroxylation sites is 1. The number of halogens is 2. The third kappa shape index (κ3) is 6.77. The summed E-state index contributed by atoms with van der Waals surface area (Å²) < 4.78 is 38.4. The molecule has 11 nitrogen and oxygen atoms in total. The van der Waals surface area contributed by atoms with E-state index in [-0.39, 0.29) is 35.4 Å². The second-order valence-electron chi connectivity index (χ2n) is 11.4. The molecule has 3 heterocycles. The van der Waals surface area contributed by atoms with E-state index in [1.165, 1.54) is 18.1 Å². The lowest BCUT2D eigenvalue weighted by molar-refractivity contribution is -0.137. The molecule has 2 saturated heterocycles. The monoisotopic (exact) mass is 622 g/mol. The average molecular weight is 623 g/mol. The standard InChI is InChI=1S/C32H36F2N6O5/c1-44-19-26-28(30(41)45-2)29(21-7-8-24(33)25(34)15-21)40(31(42)37-26)32(43)39-12-9-20(18-39)17-36-23-10-13-38(14-11-23)27-6-4-3-5-22(27)16-35/h3-8,15,20,23,29,36H,9-14,17-19H2,1-2H3,(H,37,42)/t20?,29-/m0/s1. The molecule has 0 spiro atoms. The Morgan fingerprint density at radius 1 is 1.07 bits per heavy atom. The Morgan fingerprint density at radius 3 is 2.51 bits per heavy atom. The Bertz CT molecular complexity index is 1520. The van der Waals surface area contributed by atoms with Gasteiger partial charge in [0, 0.05) is 39.3 Å². The van der Waals surface area contributed by atoms with Crippen LogP contribution >= 0.6 is 0 Å². The van der Waals surface area contributed by atoms with E-state index >= 15 is 0 Å². The molecular weight excluding hydrogens is 586 g/mol. The normalized spacial score (nSPS) is 20.7. The summed E-state index contributed by atoms with van der Waals surface area (Å²) in [4.78, 5) is 44.9. The number of carbonyl (C=O) groups is 3. The number of urea groups is 2. The molecule has 2 aromatic rings. The Kier molecular flexibility index (Phi) is 9.95. The van der Waals surface area contributed by atoms with Crippen molar-refractivity contribution >= 4 is 23.7 Å². The molecule has 2 N–H and O–H groups in total. The number of hydrogen-bond acceptors (Lipinski definition) is 8. The number of anilines is 1. The van der Waals surface area contributed by atoms with Gasteiger partial charge < -0.3 is 29.9 Å². The van der Waals surface area contributed by atoms with E-state index in [4.69, 9.17) is 9.47 Å². The van der Waals surface area contributed by atoms with Crippen LogP contribution in [0.5, 0.6) is 0 Å². The van der Waals surface area contributed by atoms with Crippen LogP contribution in [0, 0.1) is 28.9 Å². The van der Waals surface area contributed by atoms with E-state index in [1.54, 1.807) is 0 Å². The minimum Gasteiger partial charge on any atom is -0.466 e. The van der Waals surface area contributed by atoms with Gasteiger partial charge in [-0.05, 0) is 61.6 Å². The van der Waals surface area contributed by atoms with Crippen LogP contribution in [0.25, 0.3) is 0 Å². The molecule has 2 fully saturated rings. The molecule has 0 bridgehead atoms.